The normalized spacial score (nSPS) is 19.3. The average Bonchev–Trinajstić information content (AvgIpc) is 2.49. The van der Waals surface area contributed by atoms with Gasteiger partial charge in [-0.25, -0.2) is 0 Å². The van der Waals surface area contributed by atoms with Gasteiger partial charge < -0.3 is 10.1 Å². The summed E-state index contributed by atoms with van der Waals surface area (Å²) in [5, 5.41) is 3.47. The molecule has 0 spiro atoms. The van der Waals surface area contributed by atoms with Crippen LogP contribution in [0.3, 0.4) is 0 Å². The van der Waals surface area contributed by atoms with Gasteiger partial charge in [-0.3, -0.25) is 0 Å². The first-order valence-corrected chi connectivity index (χ1v) is 7.07. The maximum absolute atomic E-state index is 5.68. The molecule has 1 aliphatic heterocycles. The van der Waals surface area contributed by atoms with E-state index in [9.17, 15) is 0 Å². The molecule has 2 nitrogen and oxygen atoms in total. The van der Waals surface area contributed by atoms with Crippen molar-refractivity contribution in [1.82, 2.24) is 5.32 Å². The topological polar surface area (TPSA) is 21.3 Å². The molecular formula is C14H18INO. The molecule has 0 aliphatic carbocycles. The Morgan fingerprint density at radius 2 is 2.41 bits per heavy atom. The fourth-order valence-corrected chi connectivity index (χ4v) is 2.84. The van der Waals surface area contributed by atoms with Crippen LogP contribution in [0.5, 0.6) is 5.75 Å². The summed E-state index contributed by atoms with van der Waals surface area (Å²) in [4.78, 5) is 0. The molecule has 0 bridgehead atoms. The molecule has 1 atom stereocenters. The molecule has 1 N–H and O–H groups in total. The summed E-state index contributed by atoms with van der Waals surface area (Å²) in [7, 11) is 0. The lowest BCUT2D eigenvalue weighted by Gasteiger charge is -2.15. The van der Waals surface area contributed by atoms with Crippen LogP contribution in [0, 0.1) is 3.57 Å². The van der Waals surface area contributed by atoms with E-state index in [0.29, 0.717) is 12.5 Å². The Morgan fingerprint density at radius 3 is 3.18 bits per heavy atom. The Labute approximate surface area is 117 Å². The minimum atomic E-state index is 0.572. The van der Waals surface area contributed by atoms with Crippen LogP contribution in [0.1, 0.15) is 24.0 Å². The van der Waals surface area contributed by atoms with Crippen LogP contribution in [0.4, 0.5) is 0 Å². The van der Waals surface area contributed by atoms with Crippen molar-refractivity contribution in [2.75, 3.05) is 19.7 Å². The summed E-state index contributed by atoms with van der Waals surface area (Å²) in [5.41, 5.74) is 2.88. The van der Waals surface area contributed by atoms with Crippen LogP contribution in [0.25, 0.3) is 0 Å². The molecule has 1 aromatic carbocycles. The van der Waals surface area contributed by atoms with E-state index >= 15 is 0 Å². The highest BCUT2D eigenvalue weighted by Gasteiger charge is 2.17. The second-order valence-electron chi connectivity index (χ2n) is 4.44. The van der Waals surface area contributed by atoms with Gasteiger partial charge in [0, 0.05) is 6.54 Å². The van der Waals surface area contributed by atoms with E-state index in [2.05, 4.69) is 53.5 Å². The standard InChI is InChI=1S/C14H18INO/c1-3-6-17-14-7-11-4-5-16-9-10(2)12(11)8-13(14)15/h3,7-8,10,16H,1,4-6,9H2,2H3. The quantitative estimate of drug-likeness (QED) is 0.673. The molecule has 0 fully saturated rings. The van der Waals surface area contributed by atoms with E-state index in [-0.39, 0.29) is 0 Å². The molecule has 0 saturated carbocycles. The van der Waals surface area contributed by atoms with E-state index < -0.39 is 0 Å². The maximum Gasteiger partial charge on any atom is 0.133 e. The molecule has 1 heterocycles. The van der Waals surface area contributed by atoms with Crippen LogP contribution >= 0.6 is 22.6 Å². The second kappa shape index (κ2) is 5.87. The van der Waals surface area contributed by atoms with E-state index in [1.807, 2.05) is 0 Å². The maximum atomic E-state index is 5.68. The van der Waals surface area contributed by atoms with Gasteiger partial charge in [-0.2, -0.15) is 0 Å². The first-order chi connectivity index (χ1) is 8.22. The zero-order chi connectivity index (χ0) is 12.3. The van der Waals surface area contributed by atoms with Gasteiger partial charge in [-0.05, 0) is 64.7 Å². The van der Waals surface area contributed by atoms with E-state index in [1.54, 1.807) is 6.08 Å². The molecule has 0 saturated heterocycles. The van der Waals surface area contributed by atoms with E-state index in [0.717, 1.165) is 25.3 Å². The highest BCUT2D eigenvalue weighted by molar-refractivity contribution is 14.1. The largest absolute Gasteiger partial charge is 0.488 e. The minimum absolute atomic E-state index is 0.572. The van der Waals surface area contributed by atoms with Crippen LogP contribution in [-0.2, 0) is 6.42 Å². The van der Waals surface area contributed by atoms with Gasteiger partial charge >= 0.3 is 0 Å². The van der Waals surface area contributed by atoms with Crippen molar-refractivity contribution in [3.63, 3.8) is 0 Å². The van der Waals surface area contributed by atoms with Crippen LogP contribution < -0.4 is 10.1 Å². The molecule has 1 aliphatic rings. The number of nitrogens with one attached hydrogen (secondary N) is 1. The third kappa shape index (κ3) is 3.01. The lowest BCUT2D eigenvalue weighted by Crippen LogP contribution is -2.18. The molecule has 3 heteroatoms. The summed E-state index contributed by atoms with van der Waals surface area (Å²) < 4.78 is 6.87. The van der Waals surface area contributed by atoms with Crippen LogP contribution in [0.15, 0.2) is 24.8 Å². The van der Waals surface area contributed by atoms with Crippen molar-refractivity contribution in [2.45, 2.75) is 19.3 Å². The van der Waals surface area contributed by atoms with Crippen molar-refractivity contribution in [3.05, 3.63) is 39.5 Å². The van der Waals surface area contributed by atoms with Gasteiger partial charge in [0.1, 0.15) is 12.4 Å². The first-order valence-electron chi connectivity index (χ1n) is 5.99. The number of hydrogen-bond donors (Lipinski definition) is 1. The van der Waals surface area contributed by atoms with E-state index in [4.69, 9.17) is 4.74 Å². The minimum Gasteiger partial charge on any atom is -0.488 e. The molecular weight excluding hydrogens is 325 g/mol. The average molecular weight is 343 g/mol. The third-order valence-corrected chi connectivity index (χ3v) is 3.95. The van der Waals surface area contributed by atoms with Gasteiger partial charge in [0.15, 0.2) is 0 Å². The predicted molar refractivity (Wildman–Crippen MR) is 79.8 cm³/mol. The Balaban J connectivity index is 2.33. The molecule has 0 aromatic heterocycles. The Kier molecular flexibility index (Phi) is 4.45. The third-order valence-electron chi connectivity index (χ3n) is 3.10. The van der Waals surface area contributed by atoms with Gasteiger partial charge in [0.05, 0.1) is 3.57 Å². The van der Waals surface area contributed by atoms with Gasteiger partial charge in [-0.15, -0.1) is 0 Å². The molecule has 1 unspecified atom stereocenters. The molecule has 0 radical (unpaired) electrons. The van der Waals surface area contributed by atoms with Crippen LogP contribution in [0.2, 0.25) is 0 Å². The highest BCUT2D eigenvalue weighted by Crippen LogP contribution is 2.31. The number of fused-ring (bicyclic) bond motifs is 1. The summed E-state index contributed by atoms with van der Waals surface area (Å²) in [6, 6.07) is 4.47. The monoisotopic (exact) mass is 343 g/mol. The predicted octanol–water partition coefficient (Wildman–Crippen LogP) is 3.11. The fraction of sp³-hybridized carbons (Fsp3) is 0.429. The van der Waals surface area contributed by atoms with Crippen LogP contribution in [-0.4, -0.2) is 19.7 Å². The SMILES string of the molecule is C=CCOc1cc2c(cc1I)C(C)CNCC2. The lowest BCUT2D eigenvalue weighted by atomic mass is 9.95. The summed E-state index contributed by atoms with van der Waals surface area (Å²) >= 11 is 2.35. The van der Waals surface area contributed by atoms with Crippen molar-refractivity contribution in [3.8, 4) is 5.75 Å². The van der Waals surface area contributed by atoms with Gasteiger partial charge in [-0.1, -0.05) is 19.6 Å². The number of ether oxygens (including phenoxy) is 1. The van der Waals surface area contributed by atoms with Crippen molar-refractivity contribution in [2.24, 2.45) is 0 Å². The molecule has 1 aromatic rings. The van der Waals surface area contributed by atoms with Gasteiger partial charge in [0.2, 0.25) is 0 Å². The molecule has 2 rings (SSSR count). The Hall–Kier alpha value is -0.550. The van der Waals surface area contributed by atoms with Crippen molar-refractivity contribution in [1.29, 1.82) is 0 Å². The first kappa shape index (κ1) is 12.9. The van der Waals surface area contributed by atoms with Crippen molar-refractivity contribution >= 4 is 22.6 Å². The van der Waals surface area contributed by atoms with Gasteiger partial charge in [0.25, 0.3) is 0 Å². The van der Waals surface area contributed by atoms with Crippen molar-refractivity contribution < 1.29 is 4.74 Å². The second-order valence-corrected chi connectivity index (χ2v) is 5.60. The number of benzene rings is 1. The molecule has 17 heavy (non-hydrogen) atoms. The zero-order valence-corrected chi connectivity index (χ0v) is 12.3. The molecule has 0 amide bonds. The number of rotatable bonds is 3. The number of halogens is 1. The fourth-order valence-electron chi connectivity index (χ4n) is 2.20. The summed E-state index contributed by atoms with van der Waals surface area (Å²) in [5.74, 6) is 1.56. The Bertz CT molecular complexity index is 417. The smallest absolute Gasteiger partial charge is 0.133 e. The summed E-state index contributed by atoms with van der Waals surface area (Å²) in [6.07, 6.45) is 2.87. The lowest BCUT2D eigenvalue weighted by molar-refractivity contribution is 0.360. The number of hydrogen-bond acceptors (Lipinski definition) is 2. The van der Waals surface area contributed by atoms with E-state index in [1.165, 1.54) is 14.7 Å². The zero-order valence-electron chi connectivity index (χ0n) is 10.1. The summed E-state index contributed by atoms with van der Waals surface area (Å²) in [6.45, 7) is 8.65. The Morgan fingerprint density at radius 1 is 1.59 bits per heavy atom. The highest BCUT2D eigenvalue weighted by atomic mass is 127. The molecule has 92 valence electrons.